The van der Waals surface area contributed by atoms with Gasteiger partial charge in [-0.3, -0.25) is 14.6 Å². The molecule has 0 N–H and O–H groups in total. The average molecular weight is 625 g/mol. The van der Waals surface area contributed by atoms with Crippen LogP contribution in [0.1, 0.15) is 72.3 Å². The highest BCUT2D eigenvalue weighted by molar-refractivity contribution is 5.97. The molecule has 3 aliphatic heterocycles. The number of rotatable bonds is 6. The van der Waals surface area contributed by atoms with Gasteiger partial charge in [-0.15, -0.1) is 0 Å². The molecule has 4 atom stereocenters. The lowest BCUT2D eigenvalue weighted by Gasteiger charge is -2.48. The Labute approximate surface area is 266 Å². The number of ether oxygens (including phenoxy) is 2. The Morgan fingerprint density at radius 3 is 2.33 bits per heavy atom. The minimum Gasteiger partial charge on any atom is -0.444 e. The number of carbonyl (C=O) groups is 2. The summed E-state index contributed by atoms with van der Waals surface area (Å²) in [6, 6.07) is 8.57. The number of aromatic nitrogens is 2. The van der Waals surface area contributed by atoms with E-state index in [-0.39, 0.29) is 53.9 Å². The standard InChI is InChI=1S/C34H49FN6O4/c1-22-15-38(28(16-39-23(2)19-44-20-24(39)3)17-40(22)32(43)45-33(4,5)6)18-30(42)41-21-34(7,8)31-29(41)14-27(36-37-31)13-25-9-11-26(35)12-10-25/h9-12,14,22-24,28H,13,15-21H2,1-8H3/t22-,23-,24-,28+/m1/s1. The van der Waals surface area contributed by atoms with Crippen molar-refractivity contribution in [1.29, 1.82) is 0 Å². The van der Waals surface area contributed by atoms with Gasteiger partial charge in [-0.05, 0) is 65.3 Å². The van der Waals surface area contributed by atoms with Gasteiger partial charge in [-0.25, -0.2) is 9.18 Å². The zero-order valence-electron chi connectivity index (χ0n) is 28.0. The highest BCUT2D eigenvalue weighted by Gasteiger charge is 2.43. The first-order chi connectivity index (χ1) is 21.1. The van der Waals surface area contributed by atoms with Gasteiger partial charge in [0.2, 0.25) is 5.91 Å². The van der Waals surface area contributed by atoms with Gasteiger partial charge in [0.15, 0.2) is 0 Å². The van der Waals surface area contributed by atoms with Gasteiger partial charge < -0.3 is 19.3 Å². The fourth-order valence-electron chi connectivity index (χ4n) is 6.73. The Kier molecular flexibility index (Phi) is 9.54. The lowest BCUT2D eigenvalue weighted by atomic mass is 9.91. The average Bonchev–Trinajstić information content (AvgIpc) is 3.22. The Morgan fingerprint density at radius 2 is 1.69 bits per heavy atom. The lowest BCUT2D eigenvalue weighted by Crippen LogP contribution is -2.65. The van der Waals surface area contributed by atoms with Gasteiger partial charge in [0.25, 0.3) is 0 Å². The number of morpholine rings is 1. The summed E-state index contributed by atoms with van der Waals surface area (Å²) in [4.78, 5) is 35.8. The topological polar surface area (TPSA) is 91.3 Å². The first-order valence-electron chi connectivity index (χ1n) is 16.1. The van der Waals surface area contributed by atoms with Crippen molar-refractivity contribution in [3.63, 3.8) is 0 Å². The van der Waals surface area contributed by atoms with Crippen molar-refractivity contribution < 1.29 is 23.5 Å². The van der Waals surface area contributed by atoms with E-state index in [0.29, 0.717) is 45.8 Å². The van der Waals surface area contributed by atoms with Gasteiger partial charge in [0.1, 0.15) is 11.4 Å². The molecule has 1 aromatic carbocycles. The second-order valence-electron chi connectivity index (χ2n) is 14.7. The third-order valence-electron chi connectivity index (χ3n) is 9.10. The molecule has 11 heteroatoms. The van der Waals surface area contributed by atoms with E-state index in [2.05, 4.69) is 47.7 Å². The molecule has 0 bridgehead atoms. The van der Waals surface area contributed by atoms with Crippen LogP contribution in [-0.4, -0.2) is 113 Å². The number of hydrogen-bond donors (Lipinski definition) is 0. The Bertz CT molecular complexity index is 1370. The molecule has 2 fully saturated rings. The molecule has 0 spiro atoms. The molecule has 10 nitrogen and oxygen atoms in total. The molecular weight excluding hydrogens is 575 g/mol. The van der Waals surface area contributed by atoms with Crippen LogP contribution >= 0.6 is 0 Å². The minimum absolute atomic E-state index is 0.00597. The number of halogens is 1. The lowest BCUT2D eigenvalue weighted by molar-refractivity contribution is -0.122. The van der Waals surface area contributed by atoms with Crippen LogP contribution in [0.4, 0.5) is 14.9 Å². The molecule has 246 valence electrons. The number of hydrogen-bond acceptors (Lipinski definition) is 8. The maximum absolute atomic E-state index is 14.2. The van der Waals surface area contributed by atoms with Crippen molar-refractivity contribution >= 4 is 17.7 Å². The van der Waals surface area contributed by atoms with Gasteiger partial charge in [-0.2, -0.15) is 10.2 Å². The largest absolute Gasteiger partial charge is 0.444 e. The number of amides is 2. The molecule has 45 heavy (non-hydrogen) atoms. The molecule has 4 heterocycles. The van der Waals surface area contributed by atoms with Crippen LogP contribution in [0.3, 0.4) is 0 Å². The highest BCUT2D eigenvalue weighted by Crippen LogP contribution is 2.39. The maximum Gasteiger partial charge on any atom is 0.410 e. The molecule has 0 saturated carbocycles. The molecule has 1 aromatic heterocycles. The SMILES string of the molecule is C[C@@H]1CN(CC(=O)N2CC(C)(C)c3nnc(Cc4ccc(F)cc4)cc32)[C@@H](CN2[C@H](C)COC[C@H]2C)CN1C(=O)OC(C)(C)C. The molecule has 2 aromatic rings. The summed E-state index contributed by atoms with van der Waals surface area (Å²) in [6.07, 6.45) is 0.169. The summed E-state index contributed by atoms with van der Waals surface area (Å²) in [5.41, 5.74) is 2.28. The number of piperazine rings is 1. The molecule has 0 radical (unpaired) electrons. The number of benzene rings is 1. The molecule has 5 rings (SSSR count). The zero-order valence-corrected chi connectivity index (χ0v) is 28.0. The van der Waals surface area contributed by atoms with Crippen molar-refractivity contribution in [2.45, 2.75) is 97.0 Å². The molecule has 3 aliphatic rings. The third-order valence-corrected chi connectivity index (χ3v) is 9.10. The van der Waals surface area contributed by atoms with E-state index in [1.54, 1.807) is 12.1 Å². The second kappa shape index (κ2) is 12.9. The van der Waals surface area contributed by atoms with Crippen LogP contribution in [0, 0.1) is 5.82 Å². The molecule has 2 saturated heterocycles. The van der Waals surface area contributed by atoms with Crippen molar-refractivity contribution in [2.24, 2.45) is 0 Å². The van der Waals surface area contributed by atoms with E-state index in [4.69, 9.17) is 9.47 Å². The van der Waals surface area contributed by atoms with E-state index in [0.717, 1.165) is 22.6 Å². The normalized spacial score (nSPS) is 25.7. The van der Waals surface area contributed by atoms with Gasteiger partial charge in [0.05, 0.1) is 36.8 Å². The number of carbonyl (C=O) groups excluding carboxylic acids is 2. The summed E-state index contributed by atoms with van der Waals surface area (Å²) in [5, 5.41) is 9.04. The van der Waals surface area contributed by atoms with Crippen LogP contribution in [0.15, 0.2) is 30.3 Å². The minimum atomic E-state index is -0.596. The monoisotopic (exact) mass is 624 g/mol. The third kappa shape index (κ3) is 7.64. The maximum atomic E-state index is 14.2. The Hall–Kier alpha value is -3.15. The van der Waals surface area contributed by atoms with Crippen LogP contribution in [-0.2, 0) is 26.1 Å². The van der Waals surface area contributed by atoms with Crippen LogP contribution in [0.2, 0.25) is 0 Å². The Balaban J connectivity index is 1.37. The van der Waals surface area contributed by atoms with Crippen molar-refractivity contribution in [3.05, 3.63) is 53.1 Å². The molecular formula is C34H49FN6O4. The second-order valence-corrected chi connectivity index (χ2v) is 14.7. The fraction of sp³-hybridized carbons (Fsp3) is 0.647. The summed E-state index contributed by atoms with van der Waals surface area (Å²) in [6.45, 7) is 19.9. The molecule has 0 aliphatic carbocycles. The first-order valence-corrected chi connectivity index (χ1v) is 16.1. The van der Waals surface area contributed by atoms with Crippen LogP contribution in [0.5, 0.6) is 0 Å². The van der Waals surface area contributed by atoms with Gasteiger partial charge >= 0.3 is 6.09 Å². The predicted molar refractivity (Wildman–Crippen MR) is 171 cm³/mol. The van der Waals surface area contributed by atoms with Gasteiger partial charge in [-0.1, -0.05) is 26.0 Å². The van der Waals surface area contributed by atoms with E-state index >= 15 is 0 Å². The molecule has 0 unspecified atom stereocenters. The summed E-state index contributed by atoms with van der Waals surface area (Å²) < 4.78 is 25.0. The quantitative estimate of drug-likeness (QED) is 0.472. The first kappa shape index (κ1) is 33.2. The van der Waals surface area contributed by atoms with E-state index < -0.39 is 5.60 Å². The fourth-order valence-corrected chi connectivity index (χ4v) is 6.73. The molecule has 2 amide bonds. The van der Waals surface area contributed by atoms with Crippen LogP contribution < -0.4 is 4.90 Å². The van der Waals surface area contributed by atoms with Crippen LogP contribution in [0.25, 0.3) is 0 Å². The van der Waals surface area contributed by atoms with Gasteiger partial charge in [0, 0.05) is 62.2 Å². The highest BCUT2D eigenvalue weighted by atomic mass is 19.1. The predicted octanol–water partition coefficient (Wildman–Crippen LogP) is 4.25. The zero-order chi connectivity index (χ0) is 32.7. The van der Waals surface area contributed by atoms with E-state index in [1.165, 1.54) is 12.1 Å². The van der Waals surface area contributed by atoms with E-state index in [9.17, 15) is 14.0 Å². The number of fused-ring (bicyclic) bond motifs is 1. The van der Waals surface area contributed by atoms with Crippen molar-refractivity contribution in [3.8, 4) is 0 Å². The van der Waals surface area contributed by atoms with Crippen molar-refractivity contribution in [1.82, 2.24) is 24.9 Å². The number of anilines is 1. The summed E-state index contributed by atoms with van der Waals surface area (Å²) in [5.74, 6) is -0.289. The van der Waals surface area contributed by atoms with Crippen molar-refractivity contribution in [2.75, 3.05) is 50.8 Å². The number of nitrogens with zero attached hydrogens (tertiary/aromatic N) is 6. The van der Waals surface area contributed by atoms with E-state index in [1.807, 2.05) is 43.6 Å². The Morgan fingerprint density at radius 1 is 1.02 bits per heavy atom. The summed E-state index contributed by atoms with van der Waals surface area (Å²) >= 11 is 0. The smallest absolute Gasteiger partial charge is 0.410 e. The summed E-state index contributed by atoms with van der Waals surface area (Å²) in [7, 11) is 0.